The third-order valence-electron chi connectivity index (χ3n) is 6.99. The van der Waals surface area contributed by atoms with Gasteiger partial charge in [0.25, 0.3) is 0 Å². The van der Waals surface area contributed by atoms with Crippen molar-refractivity contribution in [2.24, 2.45) is 11.8 Å². The van der Waals surface area contributed by atoms with Crippen molar-refractivity contribution in [2.75, 3.05) is 0 Å². The van der Waals surface area contributed by atoms with Crippen LogP contribution in [0.25, 0.3) is 0 Å². The van der Waals surface area contributed by atoms with Gasteiger partial charge in [-0.2, -0.15) is 0 Å². The van der Waals surface area contributed by atoms with E-state index in [4.69, 9.17) is 0 Å². The van der Waals surface area contributed by atoms with Crippen molar-refractivity contribution >= 4 is 0 Å². The van der Waals surface area contributed by atoms with Crippen molar-refractivity contribution in [1.29, 1.82) is 0 Å². The van der Waals surface area contributed by atoms with Crippen LogP contribution in [-0.2, 0) is 0 Å². The van der Waals surface area contributed by atoms with E-state index in [1.54, 1.807) is 0 Å². The number of hydrogen-bond acceptors (Lipinski definition) is 0. The lowest BCUT2D eigenvalue weighted by atomic mass is 9.94. The largest absolute Gasteiger partial charge is 0.0654 e. The Morgan fingerprint density at radius 1 is 0.310 bits per heavy atom. The van der Waals surface area contributed by atoms with Crippen LogP contribution in [0.2, 0.25) is 0 Å². The average molecular weight is 409 g/mol. The Balaban J connectivity index is 3.24. The standard InChI is InChI=1S/C29H60/c1-5-7-9-11-13-14-17-21-25-29(4)27-23-19-15-18-22-26-28(3)24-20-16-12-10-8-6-2/h28-29H,5-27H2,1-4H3. The molecule has 0 heterocycles. The molecular weight excluding hydrogens is 348 g/mol. The molecule has 0 N–H and O–H groups in total. The molecule has 0 aliphatic rings. The lowest BCUT2D eigenvalue weighted by Gasteiger charge is -2.12. The maximum absolute atomic E-state index is 2.49. The van der Waals surface area contributed by atoms with Crippen molar-refractivity contribution in [2.45, 2.75) is 175 Å². The lowest BCUT2D eigenvalue weighted by molar-refractivity contribution is 0.416. The van der Waals surface area contributed by atoms with E-state index < -0.39 is 0 Å². The summed E-state index contributed by atoms with van der Waals surface area (Å²) in [6.07, 6.45) is 33.6. The molecule has 29 heavy (non-hydrogen) atoms. The first-order chi connectivity index (χ1) is 14.2. The first-order valence-corrected chi connectivity index (χ1v) is 14.2. The molecule has 0 radical (unpaired) electrons. The minimum atomic E-state index is 0.965. The summed E-state index contributed by atoms with van der Waals surface area (Å²) in [5, 5.41) is 0. The Bertz CT molecular complexity index is 282. The second-order valence-corrected chi connectivity index (χ2v) is 10.4. The Morgan fingerprint density at radius 2 is 0.517 bits per heavy atom. The molecular formula is C29H60. The topological polar surface area (TPSA) is 0 Å². The lowest BCUT2D eigenvalue weighted by Crippen LogP contribution is -1.96. The Morgan fingerprint density at radius 3 is 0.759 bits per heavy atom. The molecule has 0 rings (SSSR count). The van der Waals surface area contributed by atoms with Gasteiger partial charge in [0.1, 0.15) is 0 Å². The van der Waals surface area contributed by atoms with Gasteiger partial charge >= 0.3 is 0 Å². The van der Waals surface area contributed by atoms with Crippen molar-refractivity contribution < 1.29 is 0 Å². The molecule has 0 bridgehead atoms. The molecule has 0 aliphatic carbocycles. The van der Waals surface area contributed by atoms with Crippen LogP contribution in [0.3, 0.4) is 0 Å². The van der Waals surface area contributed by atoms with Gasteiger partial charge in [-0.3, -0.25) is 0 Å². The molecule has 0 aromatic carbocycles. The van der Waals surface area contributed by atoms with Gasteiger partial charge in [-0.25, -0.2) is 0 Å². The van der Waals surface area contributed by atoms with Crippen molar-refractivity contribution in [3.63, 3.8) is 0 Å². The van der Waals surface area contributed by atoms with Gasteiger partial charge in [0, 0.05) is 0 Å². The van der Waals surface area contributed by atoms with Crippen molar-refractivity contribution in [1.82, 2.24) is 0 Å². The summed E-state index contributed by atoms with van der Waals surface area (Å²) in [5.41, 5.74) is 0. The van der Waals surface area contributed by atoms with Crippen LogP contribution in [0.5, 0.6) is 0 Å². The predicted octanol–water partition coefficient (Wildman–Crippen LogP) is 11.3. The normalized spacial score (nSPS) is 13.7. The predicted molar refractivity (Wildman–Crippen MR) is 136 cm³/mol. The Hall–Kier alpha value is 0. The summed E-state index contributed by atoms with van der Waals surface area (Å²) >= 11 is 0. The van der Waals surface area contributed by atoms with Gasteiger partial charge < -0.3 is 0 Å². The zero-order chi connectivity index (χ0) is 21.4. The van der Waals surface area contributed by atoms with Crippen LogP contribution in [0, 0.1) is 11.8 Å². The summed E-state index contributed by atoms with van der Waals surface area (Å²) < 4.78 is 0. The molecule has 0 saturated carbocycles. The Labute approximate surface area is 187 Å². The van der Waals surface area contributed by atoms with Crippen molar-refractivity contribution in [3.05, 3.63) is 0 Å². The SMILES string of the molecule is CCCCCCCCCCC(C)CCCCCCCC(C)CCCCCCCC. The van der Waals surface area contributed by atoms with E-state index in [9.17, 15) is 0 Å². The van der Waals surface area contributed by atoms with Crippen molar-refractivity contribution in [3.8, 4) is 0 Å². The molecule has 0 spiro atoms. The fourth-order valence-corrected chi connectivity index (χ4v) is 4.70. The second-order valence-electron chi connectivity index (χ2n) is 10.4. The maximum atomic E-state index is 2.49. The first-order valence-electron chi connectivity index (χ1n) is 14.2. The molecule has 2 unspecified atom stereocenters. The zero-order valence-corrected chi connectivity index (χ0v) is 21.4. The van der Waals surface area contributed by atoms with Crippen LogP contribution in [-0.4, -0.2) is 0 Å². The van der Waals surface area contributed by atoms with Gasteiger partial charge in [-0.1, -0.05) is 175 Å². The van der Waals surface area contributed by atoms with E-state index in [-0.39, 0.29) is 0 Å². The summed E-state index contributed by atoms with van der Waals surface area (Å²) in [6.45, 7) is 9.59. The second kappa shape index (κ2) is 24.3. The molecule has 0 nitrogen and oxygen atoms in total. The van der Waals surface area contributed by atoms with Crippen LogP contribution in [0.1, 0.15) is 175 Å². The van der Waals surface area contributed by atoms with Gasteiger partial charge in [0.15, 0.2) is 0 Å². The monoisotopic (exact) mass is 408 g/mol. The minimum absolute atomic E-state index is 0.965. The van der Waals surface area contributed by atoms with Crippen LogP contribution < -0.4 is 0 Å². The van der Waals surface area contributed by atoms with Crippen LogP contribution >= 0.6 is 0 Å². The fraction of sp³-hybridized carbons (Fsp3) is 1.00. The smallest absolute Gasteiger partial charge is 0.0443 e. The molecule has 2 atom stereocenters. The molecule has 0 fully saturated rings. The Kier molecular flexibility index (Phi) is 24.3. The van der Waals surface area contributed by atoms with E-state index in [1.165, 1.54) is 148 Å². The number of rotatable bonds is 24. The van der Waals surface area contributed by atoms with Gasteiger partial charge in [-0.15, -0.1) is 0 Å². The molecule has 0 saturated heterocycles. The number of unbranched alkanes of at least 4 members (excludes halogenated alkanes) is 16. The molecule has 0 aromatic heterocycles. The first kappa shape index (κ1) is 29.0. The average Bonchev–Trinajstić information content (AvgIpc) is 2.71. The minimum Gasteiger partial charge on any atom is -0.0654 e. The van der Waals surface area contributed by atoms with Gasteiger partial charge in [-0.05, 0) is 11.8 Å². The highest BCUT2D eigenvalue weighted by atomic mass is 14.1. The molecule has 0 aromatic rings. The third kappa shape index (κ3) is 24.1. The number of hydrogen-bond donors (Lipinski definition) is 0. The summed E-state index contributed by atoms with van der Waals surface area (Å²) in [7, 11) is 0. The molecule has 0 aliphatic heterocycles. The van der Waals surface area contributed by atoms with Crippen LogP contribution in [0.15, 0.2) is 0 Å². The highest BCUT2D eigenvalue weighted by molar-refractivity contribution is 4.58. The highest BCUT2D eigenvalue weighted by Crippen LogP contribution is 2.20. The highest BCUT2D eigenvalue weighted by Gasteiger charge is 2.04. The quantitative estimate of drug-likeness (QED) is 0.139. The molecule has 176 valence electrons. The van der Waals surface area contributed by atoms with E-state index in [1.807, 2.05) is 0 Å². The fourth-order valence-electron chi connectivity index (χ4n) is 4.70. The summed E-state index contributed by atoms with van der Waals surface area (Å²) in [6, 6.07) is 0. The third-order valence-corrected chi connectivity index (χ3v) is 6.99. The zero-order valence-electron chi connectivity index (χ0n) is 21.4. The summed E-state index contributed by atoms with van der Waals surface area (Å²) in [5.74, 6) is 1.93. The van der Waals surface area contributed by atoms with Gasteiger partial charge in [0.05, 0.1) is 0 Å². The van der Waals surface area contributed by atoms with E-state index >= 15 is 0 Å². The molecule has 0 heteroatoms. The van der Waals surface area contributed by atoms with E-state index in [2.05, 4.69) is 27.7 Å². The maximum Gasteiger partial charge on any atom is -0.0443 e. The van der Waals surface area contributed by atoms with Gasteiger partial charge in [0.2, 0.25) is 0 Å². The summed E-state index contributed by atoms with van der Waals surface area (Å²) in [4.78, 5) is 0. The van der Waals surface area contributed by atoms with E-state index in [0.717, 1.165) is 11.8 Å². The van der Waals surface area contributed by atoms with E-state index in [0.29, 0.717) is 0 Å². The molecule has 0 amide bonds. The van der Waals surface area contributed by atoms with Crippen LogP contribution in [0.4, 0.5) is 0 Å².